The Balaban J connectivity index is 1.80. The first-order valence-electron chi connectivity index (χ1n) is 6.83. The Bertz CT molecular complexity index is 536. The molecule has 3 atom stereocenters. The number of carbonyl (C=O) groups is 1. The van der Waals surface area contributed by atoms with E-state index in [1.54, 1.807) is 13.2 Å². The number of rotatable bonds is 4. The van der Waals surface area contributed by atoms with Gasteiger partial charge in [-0.2, -0.15) is 5.26 Å². The average molecular weight is 255 g/mol. The van der Waals surface area contributed by atoms with Crippen molar-refractivity contribution in [3.8, 4) is 11.8 Å². The maximum Gasteiger partial charge on any atom is 0.158 e. The molecular weight excluding hydrogens is 238 g/mol. The van der Waals surface area contributed by atoms with Crippen LogP contribution in [0.1, 0.15) is 30.7 Å². The van der Waals surface area contributed by atoms with Crippen molar-refractivity contribution in [2.45, 2.75) is 25.2 Å². The van der Waals surface area contributed by atoms with E-state index >= 15 is 0 Å². The van der Waals surface area contributed by atoms with Crippen molar-refractivity contribution in [1.29, 1.82) is 5.26 Å². The molecule has 0 radical (unpaired) electrons. The summed E-state index contributed by atoms with van der Waals surface area (Å²) in [6.07, 6.45) is 3.57. The number of methoxy groups -OCH3 is 1. The molecule has 1 aromatic carbocycles. The maximum atomic E-state index is 12.5. The van der Waals surface area contributed by atoms with Crippen molar-refractivity contribution in [2.75, 3.05) is 7.11 Å². The van der Waals surface area contributed by atoms with E-state index in [4.69, 9.17) is 4.74 Å². The van der Waals surface area contributed by atoms with E-state index in [2.05, 4.69) is 6.07 Å². The van der Waals surface area contributed by atoms with Crippen LogP contribution in [0.25, 0.3) is 0 Å². The number of hydrogen-bond acceptors (Lipinski definition) is 3. The Hall–Kier alpha value is -1.82. The lowest BCUT2D eigenvalue weighted by Gasteiger charge is -2.11. The largest absolute Gasteiger partial charge is 0.497 e. The van der Waals surface area contributed by atoms with Crippen molar-refractivity contribution >= 4 is 5.78 Å². The van der Waals surface area contributed by atoms with Crippen LogP contribution in [-0.2, 0) is 4.79 Å². The van der Waals surface area contributed by atoms with Gasteiger partial charge in [0.15, 0.2) is 5.78 Å². The highest BCUT2D eigenvalue weighted by atomic mass is 16.5. The third kappa shape index (κ3) is 2.02. The minimum absolute atomic E-state index is 0.116. The van der Waals surface area contributed by atoms with Crippen molar-refractivity contribution in [2.24, 2.45) is 17.8 Å². The molecule has 3 unspecified atom stereocenters. The number of ketones is 1. The van der Waals surface area contributed by atoms with Gasteiger partial charge in [-0.25, -0.2) is 0 Å². The number of nitrogens with zero attached hydrogens (tertiary/aromatic N) is 1. The molecule has 2 fully saturated rings. The lowest BCUT2D eigenvalue weighted by molar-refractivity contribution is -0.121. The minimum atomic E-state index is -0.634. The summed E-state index contributed by atoms with van der Waals surface area (Å²) in [5.74, 6) is 1.45. The van der Waals surface area contributed by atoms with E-state index in [1.807, 2.05) is 18.2 Å². The molecule has 2 aliphatic rings. The highest BCUT2D eigenvalue weighted by Gasteiger charge is 2.57. The molecule has 3 rings (SSSR count). The van der Waals surface area contributed by atoms with Gasteiger partial charge in [0.1, 0.15) is 11.7 Å². The van der Waals surface area contributed by atoms with Crippen LogP contribution in [0.15, 0.2) is 24.3 Å². The molecule has 19 heavy (non-hydrogen) atoms. The second-order valence-corrected chi connectivity index (χ2v) is 5.53. The molecule has 0 saturated heterocycles. The number of nitriles is 1. The Morgan fingerprint density at radius 2 is 2.16 bits per heavy atom. The molecule has 1 aromatic rings. The molecule has 2 saturated carbocycles. The molecule has 0 bridgehead atoms. The average Bonchev–Trinajstić information content (AvgIpc) is 2.93. The highest BCUT2D eigenvalue weighted by Crippen LogP contribution is 2.59. The standard InChI is InChI=1S/C16H17NO2/c1-19-11-5-2-4-10(8-11)14(9-17)16(18)15-12-6-3-7-13(12)15/h2,4-5,8,12-15H,3,6-7H2,1H3. The Morgan fingerprint density at radius 3 is 2.79 bits per heavy atom. The molecule has 2 aliphatic carbocycles. The molecule has 0 amide bonds. The second-order valence-electron chi connectivity index (χ2n) is 5.53. The molecule has 3 nitrogen and oxygen atoms in total. The van der Waals surface area contributed by atoms with E-state index in [9.17, 15) is 10.1 Å². The molecule has 98 valence electrons. The van der Waals surface area contributed by atoms with Crippen LogP contribution in [0.2, 0.25) is 0 Å². The van der Waals surface area contributed by atoms with Gasteiger partial charge in [0, 0.05) is 5.92 Å². The number of benzene rings is 1. The fourth-order valence-electron chi connectivity index (χ4n) is 3.56. The molecule has 0 N–H and O–H groups in total. The summed E-state index contributed by atoms with van der Waals surface area (Å²) in [6.45, 7) is 0. The molecule has 0 aromatic heterocycles. The van der Waals surface area contributed by atoms with E-state index in [0.717, 1.165) is 18.4 Å². The summed E-state index contributed by atoms with van der Waals surface area (Å²) in [6, 6.07) is 9.47. The first-order chi connectivity index (χ1) is 9.26. The van der Waals surface area contributed by atoms with Crippen LogP contribution in [-0.4, -0.2) is 12.9 Å². The van der Waals surface area contributed by atoms with Crippen molar-refractivity contribution in [3.05, 3.63) is 29.8 Å². The zero-order valence-corrected chi connectivity index (χ0v) is 11.0. The lowest BCUT2D eigenvalue weighted by atomic mass is 9.91. The van der Waals surface area contributed by atoms with E-state index in [-0.39, 0.29) is 11.7 Å². The predicted octanol–water partition coefficient (Wildman–Crippen LogP) is 2.92. The number of hydrogen-bond donors (Lipinski definition) is 0. The summed E-state index contributed by atoms with van der Waals surface area (Å²) >= 11 is 0. The van der Waals surface area contributed by atoms with E-state index < -0.39 is 5.92 Å². The topological polar surface area (TPSA) is 50.1 Å². The molecule has 3 heteroatoms. The zero-order chi connectivity index (χ0) is 13.4. The lowest BCUT2D eigenvalue weighted by Crippen LogP contribution is -2.15. The van der Waals surface area contributed by atoms with Crippen LogP contribution in [0, 0.1) is 29.1 Å². The highest BCUT2D eigenvalue weighted by molar-refractivity contribution is 5.93. The molecule has 0 spiro atoms. The van der Waals surface area contributed by atoms with Gasteiger partial charge < -0.3 is 4.74 Å². The summed E-state index contributed by atoms with van der Waals surface area (Å²) in [4.78, 5) is 12.5. The van der Waals surface area contributed by atoms with Gasteiger partial charge in [-0.1, -0.05) is 18.6 Å². The van der Waals surface area contributed by atoms with Crippen molar-refractivity contribution < 1.29 is 9.53 Å². The number of fused-ring (bicyclic) bond motifs is 1. The summed E-state index contributed by atoms with van der Waals surface area (Å²) < 4.78 is 5.16. The third-order valence-corrected chi connectivity index (χ3v) is 4.58. The third-order valence-electron chi connectivity index (χ3n) is 4.58. The van der Waals surface area contributed by atoms with Crippen LogP contribution >= 0.6 is 0 Å². The monoisotopic (exact) mass is 255 g/mol. The van der Waals surface area contributed by atoms with Crippen LogP contribution in [0.3, 0.4) is 0 Å². The van der Waals surface area contributed by atoms with Gasteiger partial charge >= 0.3 is 0 Å². The minimum Gasteiger partial charge on any atom is -0.497 e. The van der Waals surface area contributed by atoms with Crippen LogP contribution in [0.5, 0.6) is 5.75 Å². The predicted molar refractivity (Wildman–Crippen MR) is 70.7 cm³/mol. The number of Topliss-reactive ketones (excluding diaryl/α,β-unsaturated/α-hetero) is 1. The van der Waals surface area contributed by atoms with Crippen LogP contribution < -0.4 is 4.74 Å². The maximum absolute atomic E-state index is 12.5. The fraction of sp³-hybridized carbons (Fsp3) is 0.500. The SMILES string of the molecule is COc1cccc(C(C#N)C(=O)C2C3CCCC32)c1. The summed E-state index contributed by atoms with van der Waals surface area (Å²) in [5, 5.41) is 9.34. The number of carbonyl (C=O) groups excluding carboxylic acids is 1. The Kier molecular flexibility index (Phi) is 3.02. The summed E-state index contributed by atoms with van der Waals surface area (Å²) in [5.41, 5.74) is 0.761. The van der Waals surface area contributed by atoms with E-state index in [0.29, 0.717) is 17.6 Å². The van der Waals surface area contributed by atoms with Gasteiger partial charge in [-0.3, -0.25) is 4.79 Å². The normalized spacial score (nSPS) is 29.2. The fourth-order valence-corrected chi connectivity index (χ4v) is 3.56. The van der Waals surface area contributed by atoms with Crippen LogP contribution in [0.4, 0.5) is 0 Å². The second kappa shape index (κ2) is 4.70. The molecular formula is C16H17NO2. The quantitative estimate of drug-likeness (QED) is 0.831. The van der Waals surface area contributed by atoms with E-state index in [1.165, 1.54) is 6.42 Å². The van der Waals surface area contributed by atoms with Gasteiger partial charge in [-0.15, -0.1) is 0 Å². The Labute approximate surface area is 113 Å². The molecule has 0 aliphatic heterocycles. The van der Waals surface area contributed by atoms with Gasteiger partial charge in [0.25, 0.3) is 0 Å². The summed E-state index contributed by atoms with van der Waals surface area (Å²) in [7, 11) is 1.59. The van der Waals surface area contributed by atoms with Gasteiger partial charge in [0.2, 0.25) is 0 Å². The van der Waals surface area contributed by atoms with Gasteiger partial charge in [-0.05, 0) is 42.4 Å². The molecule has 0 heterocycles. The van der Waals surface area contributed by atoms with Crippen molar-refractivity contribution in [3.63, 3.8) is 0 Å². The van der Waals surface area contributed by atoms with Crippen molar-refractivity contribution in [1.82, 2.24) is 0 Å². The first-order valence-corrected chi connectivity index (χ1v) is 6.83. The smallest absolute Gasteiger partial charge is 0.158 e. The number of ether oxygens (including phenoxy) is 1. The zero-order valence-electron chi connectivity index (χ0n) is 11.0. The first kappa shape index (κ1) is 12.2. The Morgan fingerprint density at radius 1 is 1.42 bits per heavy atom. The van der Waals surface area contributed by atoms with Gasteiger partial charge in [0.05, 0.1) is 13.2 Å².